The van der Waals surface area contributed by atoms with E-state index in [0.717, 1.165) is 38.5 Å². The molecule has 1 unspecified atom stereocenters. The molecule has 3 amide bonds. The maximum absolute atomic E-state index is 13.9. The standard InChI is InChI=1S/C25H37N3O4S/c1-3-4-14-27-15-10-12-25-20(19-18(33-25)11-9-13-26(2)22(19)30)23(31)28(21(25)24(27)32)16-7-5-6-8-17-29/h9-12,18-21,29H,3-8,13-17H2,1-2H3/t18-,19+,20-,21?,25-/m0/s1. The number of fused-ring (bicyclic) bond motifs is 2. The van der Waals surface area contributed by atoms with Crippen molar-refractivity contribution in [1.29, 1.82) is 0 Å². The first-order valence-electron chi connectivity index (χ1n) is 12.4. The van der Waals surface area contributed by atoms with Gasteiger partial charge in [0, 0.05) is 45.1 Å². The summed E-state index contributed by atoms with van der Waals surface area (Å²) in [5.41, 5.74) is 0. The Morgan fingerprint density at radius 3 is 2.55 bits per heavy atom. The number of aliphatic hydroxyl groups excluding tert-OH is 1. The summed E-state index contributed by atoms with van der Waals surface area (Å²) in [6, 6.07) is -0.563. The zero-order valence-corrected chi connectivity index (χ0v) is 20.6. The van der Waals surface area contributed by atoms with Crippen molar-refractivity contribution in [2.75, 3.05) is 39.8 Å². The van der Waals surface area contributed by atoms with Crippen LogP contribution in [0.3, 0.4) is 0 Å². The topological polar surface area (TPSA) is 81.2 Å². The van der Waals surface area contributed by atoms with Crippen LogP contribution in [0.5, 0.6) is 0 Å². The zero-order valence-electron chi connectivity index (χ0n) is 19.8. The van der Waals surface area contributed by atoms with E-state index in [-0.39, 0.29) is 29.6 Å². The van der Waals surface area contributed by atoms with Gasteiger partial charge in [-0.15, -0.1) is 11.8 Å². The molecule has 1 spiro atoms. The fraction of sp³-hybridized carbons (Fsp3) is 0.720. The fourth-order valence-electron chi connectivity index (χ4n) is 5.85. The molecule has 4 heterocycles. The average Bonchev–Trinajstić information content (AvgIpc) is 3.12. The molecule has 0 radical (unpaired) electrons. The second-order valence-electron chi connectivity index (χ2n) is 9.70. The Kier molecular flexibility index (Phi) is 7.53. The number of thioether (sulfide) groups is 1. The lowest BCUT2D eigenvalue weighted by molar-refractivity contribution is -0.144. The molecule has 4 aliphatic heterocycles. The van der Waals surface area contributed by atoms with E-state index in [9.17, 15) is 14.4 Å². The van der Waals surface area contributed by atoms with E-state index in [1.54, 1.807) is 28.6 Å². The van der Waals surface area contributed by atoms with Crippen molar-refractivity contribution in [3.8, 4) is 0 Å². The van der Waals surface area contributed by atoms with Gasteiger partial charge in [-0.2, -0.15) is 0 Å². The molecular weight excluding hydrogens is 438 g/mol. The summed E-state index contributed by atoms with van der Waals surface area (Å²) in [5.74, 6) is -0.973. The van der Waals surface area contributed by atoms with Crippen molar-refractivity contribution in [3.05, 3.63) is 24.3 Å². The maximum Gasteiger partial charge on any atom is 0.247 e. The molecule has 182 valence electrons. The third-order valence-corrected chi connectivity index (χ3v) is 9.28. The first-order chi connectivity index (χ1) is 16.0. The van der Waals surface area contributed by atoms with E-state index in [4.69, 9.17) is 5.11 Å². The molecule has 0 saturated carbocycles. The third kappa shape index (κ3) is 4.25. The van der Waals surface area contributed by atoms with Crippen LogP contribution in [0.1, 0.15) is 45.4 Å². The highest BCUT2D eigenvalue weighted by molar-refractivity contribution is 8.02. The molecule has 4 aliphatic rings. The molecule has 5 atom stereocenters. The van der Waals surface area contributed by atoms with Gasteiger partial charge in [0.25, 0.3) is 0 Å². The predicted octanol–water partition coefficient (Wildman–Crippen LogP) is 2.06. The molecule has 0 aliphatic carbocycles. The molecular formula is C25H37N3O4S. The molecule has 2 fully saturated rings. The van der Waals surface area contributed by atoms with Crippen LogP contribution >= 0.6 is 11.8 Å². The molecule has 8 heteroatoms. The predicted molar refractivity (Wildman–Crippen MR) is 130 cm³/mol. The number of hydrogen-bond acceptors (Lipinski definition) is 5. The minimum Gasteiger partial charge on any atom is -0.396 e. The summed E-state index contributed by atoms with van der Waals surface area (Å²) >= 11 is 1.65. The Labute approximate surface area is 201 Å². The van der Waals surface area contributed by atoms with Gasteiger partial charge in [0.05, 0.1) is 16.6 Å². The first-order valence-corrected chi connectivity index (χ1v) is 13.3. The molecule has 7 nitrogen and oxygen atoms in total. The number of hydrogen-bond donors (Lipinski definition) is 1. The van der Waals surface area contributed by atoms with Crippen molar-refractivity contribution < 1.29 is 19.5 Å². The summed E-state index contributed by atoms with van der Waals surface area (Å²) in [5, 5.41) is 8.97. The second-order valence-corrected chi connectivity index (χ2v) is 11.2. The summed E-state index contributed by atoms with van der Waals surface area (Å²) in [6.07, 6.45) is 13.5. The van der Waals surface area contributed by atoms with Crippen LogP contribution in [0.15, 0.2) is 24.3 Å². The highest BCUT2D eigenvalue weighted by atomic mass is 32.2. The van der Waals surface area contributed by atoms with Gasteiger partial charge in [-0.3, -0.25) is 14.4 Å². The molecule has 2 saturated heterocycles. The van der Waals surface area contributed by atoms with Gasteiger partial charge >= 0.3 is 0 Å². The van der Waals surface area contributed by atoms with E-state index in [2.05, 4.69) is 25.2 Å². The van der Waals surface area contributed by atoms with Crippen molar-refractivity contribution in [1.82, 2.24) is 14.7 Å². The number of likely N-dealkylation sites (tertiary alicyclic amines) is 1. The Bertz CT molecular complexity index is 830. The summed E-state index contributed by atoms with van der Waals surface area (Å²) in [7, 11) is 1.79. The largest absolute Gasteiger partial charge is 0.396 e. The van der Waals surface area contributed by atoms with E-state index in [1.165, 1.54) is 0 Å². The number of nitrogens with zero attached hydrogens (tertiary/aromatic N) is 3. The summed E-state index contributed by atoms with van der Waals surface area (Å²) in [4.78, 5) is 46.6. The van der Waals surface area contributed by atoms with Crippen LogP contribution in [-0.2, 0) is 14.4 Å². The number of carbonyl (C=O) groups is 3. The van der Waals surface area contributed by atoms with Crippen LogP contribution in [0, 0.1) is 11.8 Å². The quantitative estimate of drug-likeness (QED) is 0.408. The van der Waals surface area contributed by atoms with Gasteiger partial charge in [-0.05, 0) is 19.3 Å². The van der Waals surface area contributed by atoms with Crippen molar-refractivity contribution in [2.24, 2.45) is 11.8 Å². The fourth-order valence-corrected chi connectivity index (χ4v) is 7.85. The number of carbonyl (C=O) groups excluding carboxylic acids is 3. The highest BCUT2D eigenvalue weighted by Gasteiger charge is 2.70. The number of rotatable bonds is 9. The van der Waals surface area contributed by atoms with Gasteiger partial charge in [0.15, 0.2) is 0 Å². The van der Waals surface area contributed by atoms with Crippen LogP contribution in [-0.4, -0.2) is 93.4 Å². The van der Waals surface area contributed by atoms with Gasteiger partial charge in [0.2, 0.25) is 17.7 Å². The lowest BCUT2D eigenvalue weighted by Crippen LogP contribution is -2.53. The molecule has 0 aromatic carbocycles. The zero-order chi connectivity index (χ0) is 23.6. The number of likely N-dealkylation sites (N-methyl/N-ethyl adjacent to an activating group) is 1. The highest BCUT2D eigenvalue weighted by Crippen LogP contribution is 2.60. The van der Waals surface area contributed by atoms with Crippen LogP contribution in [0.4, 0.5) is 0 Å². The second kappa shape index (κ2) is 10.2. The maximum atomic E-state index is 13.9. The van der Waals surface area contributed by atoms with E-state index in [1.807, 2.05) is 11.0 Å². The lowest BCUT2D eigenvalue weighted by atomic mass is 9.78. The molecule has 33 heavy (non-hydrogen) atoms. The molecule has 4 rings (SSSR count). The number of unbranched alkanes of at least 4 members (excludes halogenated alkanes) is 4. The van der Waals surface area contributed by atoms with Crippen LogP contribution < -0.4 is 0 Å². The number of amides is 3. The van der Waals surface area contributed by atoms with Crippen molar-refractivity contribution in [2.45, 2.75) is 61.5 Å². The van der Waals surface area contributed by atoms with E-state index in [0.29, 0.717) is 26.2 Å². The SMILES string of the molecule is CCCCN1CC=C[C@]23S[C@H]4C=CCN(C)C(=O)[C@H]4[C@H]2C(=O)N(CCCCCCO)C3C1=O. The van der Waals surface area contributed by atoms with E-state index < -0.39 is 22.6 Å². The minimum atomic E-state index is -0.701. The molecule has 0 aromatic rings. The number of aliphatic hydroxyl groups is 1. The normalized spacial score (nSPS) is 33.3. The van der Waals surface area contributed by atoms with Gasteiger partial charge in [-0.25, -0.2) is 0 Å². The monoisotopic (exact) mass is 475 g/mol. The summed E-state index contributed by atoms with van der Waals surface area (Å²) in [6.45, 7) is 4.61. The Morgan fingerprint density at radius 1 is 1.00 bits per heavy atom. The van der Waals surface area contributed by atoms with Crippen LogP contribution in [0.2, 0.25) is 0 Å². The lowest BCUT2D eigenvalue weighted by Gasteiger charge is -2.35. The van der Waals surface area contributed by atoms with Crippen molar-refractivity contribution >= 4 is 29.5 Å². The average molecular weight is 476 g/mol. The van der Waals surface area contributed by atoms with E-state index >= 15 is 0 Å². The molecule has 1 N–H and O–H groups in total. The first kappa shape index (κ1) is 24.3. The van der Waals surface area contributed by atoms with Crippen LogP contribution in [0.25, 0.3) is 0 Å². The van der Waals surface area contributed by atoms with Gasteiger partial charge in [-0.1, -0.05) is 50.5 Å². The summed E-state index contributed by atoms with van der Waals surface area (Å²) < 4.78 is -0.701. The third-order valence-electron chi connectivity index (χ3n) is 7.53. The Balaban J connectivity index is 1.68. The Hall–Kier alpha value is -1.80. The molecule has 0 aromatic heterocycles. The van der Waals surface area contributed by atoms with Gasteiger partial charge < -0.3 is 19.8 Å². The smallest absolute Gasteiger partial charge is 0.247 e. The van der Waals surface area contributed by atoms with Crippen molar-refractivity contribution in [3.63, 3.8) is 0 Å². The minimum absolute atomic E-state index is 0.00389. The Morgan fingerprint density at radius 2 is 1.79 bits per heavy atom. The molecule has 0 bridgehead atoms. The van der Waals surface area contributed by atoms with Gasteiger partial charge in [0.1, 0.15) is 6.04 Å².